The highest BCUT2D eigenvalue weighted by atomic mass is 32.2. The largest absolute Gasteiger partial charge is 0.478 e. The molecule has 0 bridgehead atoms. The third kappa shape index (κ3) is 7.32. The van der Waals surface area contributed by atoms with Crippen LogP contribution in [-0.4, -0.2) is 20.6 Å². The highest BCUT2D eigenvalue weighted by Gasteiger charge is 2.30. The number of hydrogen-bond acceptors (Lipinski definition) is 5. The Labute approximate surface area is 223 Å². The number of rotatable bonds is 7. The number of fused-ring (bicyclic) bond motifs is 2. The molecule has 4 nitrogen and oxygen atoms in total. The molecule has 0 saturated heterocycles. The van der Waals surface area contributed by atoms with Gasteiger partial charge in [-0.3, -0.25) is 4.79 Å². The number of aromatic carboxylic acids is 1. The molecule has 0 amide bonds. The van der Waals surface area contributed by atoms with Crippen LogP contribution < -0.4 is 5.43 Å². The number of benzene rings is 2. The van der Waals surface area contributed by atoms with E-state index in [1.54, 1.807) is 29.6 Å². The Morgan fingerprint density at radius 2 is 1.36 bits per heavy atom. The van der Waals surface area contributed by atoms with Crippen molar-refractivity contribution in [2.75, 3.05) is 0 Å². The summed E-state index contributed by atoms with van der Waals surface area (Å²) in [4.78, 5) is 27.2. The van der Waals surface area contributed by atoms with E-state index in [9.17, 15) is 14.7 Å². The third-order valence-corrected chi connectivity index (χ3v) is 8.04. The van der Waals surface area contributed by atoms with Crippen molar-refractivity contribution >= 4 is 51.4 Å². The van der Waals surface area contributed by atoms with Gasteiger partial charge in [-0.1, -0.05) is 69.2 Å². The maximum atomic E-state index is 13.7. The minimum absolute atomic E-state index is 0.0394. The smallest absolute Gasteiger partial charge is 0.335 e. The molecule has 0 atom stereocenters. The zero-order valence-corrected chi connectivity index (χ0v) is 24.9. The van der Waals surface area contributed by atoms with E-state index in [2.05, 4.69) is 75.3 Å². The summed E-state index contributed by atoms with van der Waals surface area (Å²) in [6, 6.07) is 8.57. The van der Waals surface area contributed by atoms with Gasteiger partial charge in [0.25, 0.3) is 0 Å². The zero-order valence-electron chi connectivity index (χ0n) is 23.3. The molecule has 0 unspecified atom stereocenters. The van der Waals surface area contributed by atoms with Crippen LogP contribution in [0.4, 0.5) is 0 Å². The van der Waals surface area contributed by atoms with Crippen molar-refractivity contribution in [3.8, 4) is 0 Å². The van der Waals surface area contributed by atoms with E-state index in [0.717, 1.165) is 22.6 Å². The number of carboxylic acid groups (broad SMARTS) is 1. The molecular formula is C30H40O4S2. The Morgan fingerprint density at radius 1 is 0.806 bits per heavy atom. The highest BCUT2D eigenvalue weighted by Crippen LogP contribution is 2.47. The van der Waals surface area contributed by atoms with Gasteiger partial charge in [0.05, 0.1) is 21.2 Å². The summed E-state index contributed by atoms with van der Waals surface area (Å²) in [6.07, 6.45) is 1.99. The molecule has 1 N–H and O–H groups in total. The Hall–Kier alpha value is -1.92. The fraction of sp³-hybridized carbons (Fsp3) is 0.533. The lowest BCUT2D eigenvalue weighted by molar-refractivity contribution is 0.0697. The quantitative estimate of drug-likeness (QED) is 0.243. The van der Waals surface area contributed by atoms with Crippen molar-refractivity contribution in [2.45, 2.75) is 101 Å². The fourth-order valence-electron chi connectivity index (χ4n) is 5.41. The lowest BCUT2D eigenvalue weighted by Gasteiger charge is -2.33. The summed E-state index contributed by atoms with van der Waals surface area (Å²) in [6.45, 7) is 22.4. The molecular weight excluding hydrogens is 488 g/mol. The first-order valence-corrected chi connectivity index (χ1v) is 14.0. The molecule has 196 valence electrons. The zero-order chi connectivity index (χ0) is 27.3. The Kier molecular flexibility index (Phi) is 7.76. The van der Waals surface area contributed by atoms with E-state index in [-0.39, 0.29) is 31.3 Å². The van der Waals surface area contributed by atoms with Crippen LogP contribution >= 0.6 is 23.5 Å². The van der Waals surface area contributed by atoms with E-state index >= 15 is 0 Å². The molecule has 3 aromatic rings. The van der Waals surface area contributed by atoms with Crippen LogP contribution in [0, 0.1) is 10.8 Å². The van der Waals surface area contributed by atoms with Crippen molar-refractivity contribution in [2.24, 2.45) is 10.8 Å². The standard InChI is InChI=1S/C30H40O4S2/c1-27(2,3)16-29(7,8)35-19-14-21-24(31)20-13-18(26(32)33)11-12-22(20)34-25(21)23(15-19)36-30(9,10)17-28(4,5)6/h11-15H,16-17H2,1-10H3,(H,32,33). The monoisotopic (exact) mass is 528 g/mol. The number of thioether (sulfide) groups is 2. The van der Waals surface area contributed by atoms with Gasteiger partial charge in [0, 0.05) is 14.4 Å². The first-order chi connectivity index (χ1) is 16.3. The van der Waals surface area contributed by atoms with Gasteiger partial charge in [-0.25, -0.2) is 4.79 Å². The molecule has 2 aromatic carbocycles. The third-order valence-electron chi connectivity index (χ3n) is 5.65. The average molecular weight is 529 g/mol. The molecule has 0 aliphatic heterocycles. The van der Waals surface area contributed by atoms with Crippen molar-refractivity contribution in [3.63, 3.8) is 0 Å². The number of hydrogen-bond donors (Lipinski definition) is 1. The summed E-state index contributed by atoms with van der Waals surface area (Å²) >= 11 is 3.52. The predicted molar refractivity (Wildman–Crippen MR) is 155 cm³/mol. The van der Waals surface area contributed by atoms with Crippen LogP contribution in [-0.2, 0) is 0 Å². The molecule has 0 aliphatic carbocycles. The summed E-state index contributed by atoms with van der Waals surface area (Å²) in [5.74, 6) is -1.06. The Bertz CT molecular complexity index is 1350. The summed E-state index contributed by atoms with van der Waals surface area (Å²) < 4.78 is 6.18. The second kappa shape index (κ2) is 9.75. The molecule has 3 rings (SSSR count). The summed E-state index contributed by atoms with van der Waals surface area (Å²) in [5, 5.41) is 10.2. The Morgan fingerprint density at radius 3 is 1.89 bits per heavy atom. The molecule has 1 aromatic heterocycles. The molecule has 6 heteroatoms. The van der Waals surface area contributed by atoms with Gasteiger partial charge in [0.15, 0.2) is 5.58 Å². The first kappa shape index (κ1) is 28.6. The average Bonchev–Trinajstić information content (AvgIpc) is 2.64. The van der Waals surface area contributed by atoms with E-state index in [1.807, 2.05) is 6.07 Å². The van der Waals surface area contributed by atoms with Crippen LogP contribution in [0.5, 0.6) is 0 Å². The van der Waals surface area contributed by atoms with Crippen molar-refractivity contribution in [3.05, 3.63) is 46.1 Å². The van der Waals surface area contributed by atoms with Crippen molar-refractivity contribution in [1.29, 1.82) is 0 Å². The van der Waals surface area contributed by atoms with Gasteiger partial charge in [0.2, 0.25) is 5.43 Å². The van der Waals surface area contributed by atoms with Gasteiger partial charge >= 0.3 is 5.97 Å². The van der Waals surface area contributed by atoms with Crippen LogP contribution in [0.3, 0.4) is 0 Å². The highest BCUT2D eigenvalue weighted by molar-refractivity contribution is 8.01. The lowest BCUT2D eigenvalue weighted by atomic mass is 9.86. The van der Waals surface area contributed by atoms with Gasteiger partial charge in [-0.2, -0.15) is 0 Å². The van der Waals surface area contributed by atoms with E-state index in [1.165, 1.54) is 12.1 Å². The van der Waals surface area contributed by atoms with Gasteiger partial charge in [-0.05, 0) is 54.0 Å². The molecule has 1 heterocycles. The SMILES string of the molecule is CC(C)(C)CC(C)(C)Sc1cc(SC(C)(C)CC(C)(C)C)c2oc3ccc(C(=O)O)cc3c(=O)c2c1. The van der Waals surface area contributed by atoms with Crippen LogP contribution in [0.25, 0.3) is 21.9 Å². The summed E-state index contributed by atoms with van der Waals surface area (Å²) in [5.41, 5.74) is 1.17. The van der Waals surface area contributed by atoms with Crippen LogP contribution in [0.2, 0.25) is 0 Å². The van der Waals surface area contributed by atoms with Gasteiger partial charge in [0.1, 0.15) is 5.58 Å². The molecule has 0 radical (unpaired) electrons. The molecule has 0 saturated carbocycles. The molecule has 36 heavy (non-hydrogen) atoms. The van der Waals surface area contributed by atoms with E-state index in [4.69, 9.17) is 4.42 Å². The van der Waals surface area contributed by atoms with Gasteiger partial charge < -0.3 is 9.52 Å². The predicted octanol–water partition coefficient (Wildman–Crippen LogP) is 9.26. The minimum atomic E-state index is -1.06. The van der Waals surface area contributed by atoms with Crippen molar-refractivity contribution < 1.29 is 14.3 Å². The van der Waals surface area contributed by atoms with Crippen molar-refractivity contribution in [1.82, 2.24) is 0 Å². The van der Waals surface area contributed by atoms with Crippen LogP contribution in [0.15, 0.2) is 49.3 Å². The molecule has 0 fully saturated rings. The maximum absolute atomic E-state index is 13.7. The normalized spacial score (nSPS) is 13.5. The number of carboxylic acids is 1. The van der Waals surface area contributed by atoms with Crippen LogP contribution in [0.1, 0.15) is 92.4 Å². The Balaban J connectivity index is 2.25. The number of carbonyl (C=O) groups is 1. The lowest BCUT2D eigenvalue weighted by Crippen LogP contribution is -2.24. The van der Waals surface area contributed by atoms with E-state index in [0.29, 0.717) is 21.9 Å². The second-order valence-corrected chi connectivity index (χ2v) is 17.0. The summed E-state index contributed by atoms with van der Waals surface area (Å²) in [7, 11) is 0. The minimum Gasteiger partial charge on any atom is -0.478 e. The fourth-order valence-corrected chi connectivity index (χ4v) is 8.52. The van der Waals surface area contributed by atoms with E-state index < -0.39 is 5.97 Å². The molecule has 0 aliphatic rings. The molecule has 0 spiro atoms. The first-order valence-electron chi connectivity index (χ1n) is 12.4. The topological polar surface area (TPSA) is 67.5 Å². The van der Waals surface area contributed by atoms with Gasteiger partial charge in [-0.15, -0.1) is 23.5 Å². The second-order valence-electron chi connectivity index (χ2n) is 13.4. The maximum Gasteiger partial charge on any atom is 0.335 e.